The number of benzene rings is 12. The number of thiophene rings is 1. The van der Waals surface area contributed by atoms with Gasteiger partial charge in [0.25, 0.3) is 0 Å². The molecule has 12 aromatic carbocycles. The summed E-state index contributed by atoms with van der Waals surface area (Å²) in [5.74, 6) is 0.616. The Labute approximate surface area is 843 Å². The third-order valence-corrected chi connectivity index (χ3v) is 29.3. The van der Waals surface area contributed by atoms with Crippen molar-refractivity contribution in [3.8, 4) is 95.5 Å². The van der Waals surface area contributed by atoms with E-state index in [-0.39, 0.29) is 132 Å². The van der Waals surface area contributed by atoms with Crippen LogP contribution in [0.15, 0.2) is 383 Å². The molecule has 0 saturated carbocycles. The summed E-state index contributed by atoms with van der Waals surface area (Å²) in [6, 6.07) is 111. The van der Waals surface area contributed by atoms with Crippen molar-refractivity contribution < 1.29 is 78.1 Å². The quantitative estimate of drug-likeness (QED) is 0.0751. The molecule has 15 heteroatoms. The first kappa shape index (κ1) is 80.8. The van der Waals surface area contributed by atoms with E-state index in [0.717, 1.165) is 52.3 Å². The first-order chi connectivity index (χ1) is 68.0. The Kier molecular flexibility index (Phi) is 27.5. The van der Waals surface area contributed by atoms with E-state index in [1.165, 1.54) is 131 Å². The Morgan fingerprint density at radius 1 is 0.348 bits per heavy atom. The fourth-order valence-electron chi connectivity index (χ4n) is 15.9. The number of fused-ring (bicyclic) bond motifs is 9. The average molecular weight is 2330 g/mol. The molecule has 9 aromatic heterocycles. The van der Waals surface area contributed by atoms with Crippen molar-refractivity contribution in [1.29, 1.82) is 0 Å². The van der Waals surface area contributed by atoms with Crippen molar-refractivity contribution in [3.63, 3.8) is 0 Å². The maximum Gasteiger partial charge on any atom is 0.0830 e. The minimum absolute atomic E-state index is 0. The summed E-state index contributed by atoms with van der Waals surface area (Å²) < 4.78 is 104. The van der Waals surface area contributed by atoms with Crippen molar-refractivity contribution >= 4 is 115 Å². The maximum atomic E-state index is 7.72. The number of aryl methyl sites for hydroxylation is 1. The molecule has 0 saturated heterocycles. The summed E-state index contributed by atoms with van der Waals surface area (Å²) >= 11 is 1.83. The minimum atomic E-state index is -1.54. The summed E-state index contributed by atoms with van der Waals surface area (Å²) in [6.45, 7) is 29.2. The van der Waals surface area contributed by atoms with Gasteiger partial charge in [0.05, 0.1) is 33.8 Å². The Balaban J connectivity index is 0.000000149. The topological polar surface area (TPSA) is 87.2 Å². The van der Waals surface area contributed by atoms with Crippen LogP contribution in [0.25, 0.3) is 159 Å². The first-order valence-electron chi connectivity index (χ1n) is 49.7. The molecule has 21 aromatic rings. The summed E-state index contributed by atoms with van der Waals surface area (Å²) in [7, 11) is -4.53. The van der Waals surface area contributed by atoms with Crippen molar-refractivity contribution in [2.75, 3.05) is 0 Å². The molecule has 0 amide bonds. The van der Waals surface area contributed by atoms with Gasteiger partial charge in [-0.05, 0) is 174 Å². The smallest absolute Gasteiger partial charge is 0.0830 e. The van der Waals surface area contributed by atoms with Crippen molar-refractivity contribution in [1.82, 2.24) is 39.0 Å². The number of para-hydroxylation sites is 3. The number of rotatable bonds is 15. The molecule has 0 aliphatic rings. The fourth-order valence-corrected chi connectivity index (χ4v) is 21.5. The van der Waals surface area contributed by atoms with Crippen LogP contribution in [-0.4, -0.2) is 63.3 Å². The van der Waals surface area contributed by atoms with Crippen LogP contribution in [0.5, 0.6) is 0 Å². The van der Waals surface area contributed by atoms with E-state index < -0.39 is 42.5 Å². The van der Waals surface area contributed by atoms with Gasteiger partial charge < -0.3 is 39.0 Å². The summed E-state index contributed by atoms with van der Waals surface area (Å²) in [6.07, 6.45) is 8.47. The molecule has 0 bridgehead atoms. The Hall–Kier alpha value is -12.0. The first-order valence-corrected chi connectivity index (χ1v) is 54.5. The van der Waals surface area contributed by atoms with E-state index in [9.17, 15) is 0 Å². The molecule has 3 radical (unpaired) electrons. The molecule has 21 rings (SSSR count). The summed E-state index contributed by atoms with van der Waals surface area (Å²) in [5.41, 5.74) is 21.3. The molecule has 132 heavy (non-hydrogen) atoms. The zero-order chi connectivity index (χ0) is 101. The van der Waals surface area contributed by atoms with E-state index >= 15 is 0 Å². The zero-order valence-electron chi connectivity index (χ0n) is 88.3. The molecular formula is C117H104Ir3N8SSi3-6. The summed E-state index contributed by atoms with van der Waals surface area (Å²) in [5, 5.41) is 11.9. The van der Waals surface area contributed by atoms with E-state index in [0.29, 0.717) is 22.9 Å². The molecule has 9 heterocycles. The number of nitrogens with zero attached hydrogens (tertiary/aromatic N) is 8. The van der Waals surface area contributed by atoms with Crippen molar-refractivity contribution in [2.24, 2.45) is 5.92 Å². The fraction of sp³-hybridized carbons (Fsp3) is 0.128. The van der Waals surface area contributed by atoms with Crippen LogP contribution in [0.2, 0.25) is 58.9 Å². The number of aromatic nitrogens is 8. The van der Waals surface area contributed by atoms with Crippen LogP contribution in [0.3, 0.4) is 0 Å². The normalized spacial score (nSPS) is 12.5. The van der Waals surface area contributed by atoms with Gasteiger partial charge in [-0.2, -0.15) is 11.3 Å². The van der Waals surface area contributed by atoms with Crippen LogP contribution in [0, 0.1) is 42.3 Å². The predicted molar refractivity (Wildman–Crippen MR) is 555 cm³/mol. The predicted octanol–water partition coefficient (Wildman–Crippen LogP) is 29.0. The molecule has 8 nitrogen and oxygen atoms in total. The number of hydrogen-bond acceptors (Lipinski definition) is 7. The molecule has 663 valence electrons. The standard InChI is InChI=1S/C30H31N2Si.C28H27N2Si.C26H22NSSi.3C11H8N.3Ir/c1-21(2)17-23-19-27(31-20-30(23)33(3,4)5)22-15-16-29-26(18-22)25-13-9-10-14-28(25)32(29)24-11-7-6-8-12-24;1-5-30-26-14-10-9-13-22(26)24-17-21(15-16-27(24)30)25-18-23(20-11-7-6-8-12-20)28(19-29-25)31(2,3)4;1-29(2,3)26-17-27-23(16-21(26)18-9-5-4-6-10-18)19-13-14-25-22(15-19)20-11-7-8-12-24(20)28-25;3*1-2-6-10(7-3-1)11-8-4-5-9-12-11;;;/h6-14,16,18-21H,17H2,1-5H3;6-14,16-19H,5H2,1-4H3;4-12,14-17H,1-3H3;3*1-6,8-9H;;;/q6*-1;;;/i;;;1D,2D,3D,4D,5D,8D,9D;4D,5D,9D;1D,2D,3D;;;. The third-order valence-electron chi connectivity index (χ3n) is 22.1. The van der Waals surface area contributed by atoms with Crippen LogP contribution in [0.1, 0.15) is 44.2 Å². The Morgan fingerprint density at radius 2 is 0.818 bits per heavy atom. The molecule has 0 fully saturated rings. The molecule has 0 atom stereocenters. The average Bonchev–Trinajstić information content (AvgIpc) is 1.59. The maximum absolute atomic E-state index is 7.72. The van der Waals surface area contributed by atoms with Gasteiger partial charge in [-0.1, -0.05) is 282 Å². The third kappa shape index (κ3) is 23.3. The van der Waals surface area contributed by atoms with E-state index in [1.54, 1.807) is 24.4 Å². The summed E-state index contributed by atoms with van der Waals surface area (Å²) in [4.78, 5) is 26.5. The van der Waals surface area contributed by atoms with Crippen molar-refractivity contribution in [3.05, 3.63) is 425 Å². The molecule has 0 unspecified atom stereocenters. The number of hydrogen-bond donors (Lipinski definition) is 0. The molecule has 0 spiro atoms. The van der Waals surface area contributed by atoms with Gasteiger partial charge in [0, 0.05) is 131 Å². The Morgan fingerprint density at radius 3 is 1.39 bits per heavy atom. The molecule has 0 aliphatic heterocycles. The van der Waals surface area contributed by atoms with Gasteiger partial charge in [-0.15, -0.1) is 179 Å². The molecule has 0 aliphatic carbocycles. The van der Waals surface area contributed by atoms with Gasteiger partial charge in [0.1, 0.15) is 0 Å². The number of pyridine rings is 6. The second kappa shape index (κ2) is 44.9. The van der Waals surface area contributed by atoms with Crippen LogP contribution in [-0.2, 0) is 73.3 Å². The van der Waals surface area contributed by atoms with Crippen LogP contribution in [0.4, 0.5) is 0 Å². The molecular weight excluding hydrogens is 2210 g/mol. The van der Waals surface area contributed by atoms with E-state index in [4.69, 9.17) is 32.8 Å². The van der Waals surface area contributed by atoms with E-state index in [1.807, 2.05) is 35.6 Å². The van der Waals surface area contributed by atoms with Gasteiger partial charge in [-0.3, -0.25) is 0 Å². The SMILES string of the molecule is CC(C)Cc1cc(-c2[c-]cc3c(c2)c2ccccc2n3-c2ccccc2)ncc1[Si](C)(C)C.CCn1c2c[c-]c(-c3cc(-c4ccccc4)c([Si](C)(C)C)cn3)cc2c2ccccc21.C[Si](C)(C)c1cnc(-c2[c-]cc3sc4ccccc4c3c2)cc1-c1ccccc1.[2H]c1[c-]c(-c2ccccn2)cc([2H])c1[2H].[2H]c1[c-]c(-c2nc([2H])c([2H])c([2H])c2[2H])cc([2H])c1[2H].[2H]c1cc(-c2[c-]cccc2)nc([2H])c1[2H].[Ir].[Ir].[Ir]. The van der Waals surface area contributed by atoms with Gasteiger partial charge in [-0.25, -0.2) is 0 Å². The van der Waals surface area contributed by atoms with Gasteiger partial charge >= 0.3 is 0 Å². The van der Waals surface area contributed by atoms with Crippen LogP contribution < -0.4 is 15.6 Å². The van der Waals surface area contributed by atoms with Crippen LogP contribution >= 0.6 is 11.3 Å². The van der Waals surface area contributed by atoms with Gasteiger partial charge in [0.15, 0.2) is 0 Å². The minimum Gasteiger partial charge on any atom is -0.381 e. The molecule has 0 N–H and O–H groups in total. The van der Waals surface area contributed by atoms with Gasteiger partial charge in [0.2, 0.25) is 0 Å². The largest absolute Gasteiger partial charge is 0.381 e. The second-order valence-corrected chi connectivity index (χ2v) is 50.8. The Bertz CT molecular complexity index is 8060. The van der Waals surface area contributed by atoms with Crippen molar-refractivity contribution in [2.45, 2.75) is 92.7 Å². The monoisotopic (exact) mass is 2330 g/mol. The van der Waals surface area contributed by atoms with E-state index in [2.05, 4.69) is 377 Å². The second-order valence-electron chi connectivity index (χ2n) is 34.6. The zero-order valence-corrected chi connectivity index (χ0v) is 86.3.